The summed E-state index contributed by atoms with van der Waals surface area (Å²) in [5, 5.41) is 10.4. The molecule has 212 valence electrons. The Morgan fingerprint density at radius 1 is 0.889 bits per heavy atom. The first-order valence-electron chi connectivity index (χ1n) is 14.4. The van der Waals surface area contributed by atoms with Crippen LogP contribution in [0.15, 0.2) is 0 Å². The van der Waals surface area contributed by atoms with Crippen molar-refractivity contribution in [3.63, 3.8) is 0 Å². The van der Waals surface area contributed by atoms with E-state index in [9.17, 15) is 9.90 Å². The second-order valence-electron chi connectivity index (χ2n) is 10.4. The largest absolute Gasteiger partial charge is 0.481 e. The molecule has 1 saturated carbocycles. The first-order chi connectivity index (χ1) is 17.5. The van der Waals surface area contributed by atoms with Gasteiger partial charge in [-0.3, -0.25) is 4.79 Å². The van der Waals surface area contributed by atoms with Crippen LogP contribution in [0.3, 0.4) is 0 Å². The molecule has 8 heteroatoms. The highest BCUT2D eigenvalue weighted by molar-refractivity contribution is 14.1. The van der Waals surface area contributed by atoms with Crippen molar-refractivity contribution in [3.05, 3.63) is 0 Å². The monoisotopic (exact) mass is 626 g/mol. The van der Waals surface area contributed by atoms with Gasteiger partial charge >= 0.3 is 5.97 Å². The highest BCUT2D eigenvalue weighted by Gasteiger charge is 2.64. The number of unbranched alkanes of at least 4 members (excludes halogenated alkanes) is 4. The van der Waals surface area contributed by atoms with E-state index >= 15 is 0 Å². The normalized spacial score (nSPS) is 32.4. The van der Waals surface area contributed by atoms with Crippen molar-refractivity contribution in [3.8, 4) is 0 Å². The van der Waals surface area contributed by atoms with Gasteiger partial charge < -0.3 is 28.8 Å². The third-order valence-electron chi connectivity index (χ3n) is 7.46. The Morgan fingerprint density at radius 2 is 1.44 bits per heavy atom. The Hall–Kier alpha value is -0.0000000000000000139. The molecule has 2 aliphatic rings. The van der Waals surface area contributed by atoms with Crippen LogP contribution in [0.25, 0.3) is 0 Å². The minimum atomic E-state index is -0.949. The molecule has 0 aromatic carbocycles. The maximum atomic E-state index is 12.6. The molecule has 1 heterocycles. The highest BCUT2D eigenvalue weighted by atomic mass is 127. The third-order valence-corrected chi connectivity index (χ3v) is 8.71. The molecule has 2 rings (SSSR count). The van der Waals surface area contributed by atoms with E-state index in [1.807, 2.05) is 0 Å². The molecule has 1 aliphatic carbocycles. The minimum Gasteiger partial charge on any atom is -0.481 e. The molecule has 1 aliphatic heterocycles. The molecule has 1 spiro atoms. The number of carbonyl (C=O) groups is 1. The van der Waals surface area contributed by atoms with Gasteiger partial charge in [0.25, 0.3) is 0 Å². The van der Waals surface area contributed by atoms with E-state index in [1.165, 1.54) is 0 Å². The molecule has 36 heavy (non-hydrogen) atoms. The molecule has 0 radical (unpaired) electrons. The van der Waals surface area contributed by atoms with E-state index < -0.39 is 35.8 Å². The van der Waals surface area contributed by atoms with Gasteiger partial charge in [-0.25, -0.2) is 0 Å². The number of ether oxygens (including phenoxy) is 5. The van der Waals surface area contributed by atoms with Gasteiger partial charge in [0.15, 0.2) is 0 Å². The fourth-order valence-corrected chi connectivity index (χ4v) is 6.11. The zero-order valence-corrected chi connectivity index (χ0v) is 25.2. The molecular formula is C28H51IO7. The maximum Gasteiger partial charge on any atom is 0.309 e. The lowest BCUT2D eigenvalue weighted by molar-refractivity contribution is -0.310. The van der Waals surface area contributed by atoms with Gasteiger partial charge in [-0.15, -0.1) is 0 Å². The molecule has 1 saturated heterocycles. The number of carboxylic acid groups (broad SMARTS) is 1. The van der Waals surface area contributed by atoms with Gasteiger partial charge in [-0.2, -0.15) is 0 Å². The van der Waals surface area contributed by atoms with Crippen molar-refractivity contribution < 1.29 is 33.6 Å². The molecular weight excluding hydrogens is 575 g/mol. The Kier molecular flexibility index (Phi) is 15.7. The standard InChI is InChI=1S/C28H51IO7/c1-5-9-13-32-20-23-24(33-14-10-6-2)25(34-15-11-7-3)26(35-16-12-8-4)28(36-23)18-21(19-29)17-22(28)27(30)31/h21-26H,5-20H2,1-4H3,(H,30,31)/t21-,22?,23?,24?,25?,26?,28?/m1/s1. The average Bonchev–Trinajstić information content (AvgIpc) is 3.24. The van der Waals surface area contributed by atoms with E-state index in [-0.39, 0.29) is 12.0 Å². The Morgan fingerprint density at radius 3 is 2.00 bits per heavy atom. The van der Waals surface area contributed by atoms with Gasteiger partial charge in [0.2, 0.25) is 0 Å². The van der Waals surface area contributed by atoms with Crippen LogP contribution in [-0.4, -0.2) is 78.6 Å². The van der Waals surface area contributed by atoms with Crippen LogP contribution < -0.4 is 0 Å². The van der Waals surface area contributed by atoms with Gasteiger partial charge in [0.1, 0.15) is 30.0 Å². The number of hydrogen-bond acceptors (Lipinski definition) is 6. The van der Waals surface area contributed by atoms with Crippen LogP contribution in [0, 0.1) is 11.8 Å². The molecule has 0 bridgehead atoms. The van der Waals surface area contributed by atoms with E-state index in [0.717, 1.165) is 55.8 Å². The maximum absolute atomic E-state index is 12.6. The molecule has 0 aromatic heterocycles. The molecule has 2 fully saturated rings. The number of rotatable bonds is 19. The highest BCUT2D eigenvalue weighted by Crippen LogP contribution is 2.51. The van der Waals surface area contributed by atoms with E-state index in [2.05, 4.69) is 50.3 Å². The lowest BCUT2D eigenvalue weighted by Gasteiger charge is -2.53. The van der Waals surface area contributed by atoms with Crippen LogP contribution in [-0.2, 0) is 28.5 Å². The summed E-state index contributed by atoms with van der Waals surface area (Å²) in [4.78, 5) is 12.6. The summed E-state index contributed by atoms with van der Waals surface area (Å²) < 4.78 is 33.5. The summed E-state index contributed by atoms with van der Waals surface area (Å²) in [5.74, 6) is -1.19. The zero-order valence-electron chi connectivity index (χ0n) is 23.1. The number of halogens is 1. The topological polar surface area (TPSA) is 83.5 Å². The number of hydrogen-bond donors (Lipinski definition) is 1. The predicted octanol–water partition coefficient (Wildman–Crippen LogP) is 6.04. The van der Waals surface area contributed by atoms with Crippen molar-refractivity contribution in [1.29, 1.82) is 0 Å². The van der Waals surface area contributed by atoms with E-state index in [0.29, 0.717) is 45.9 Å². The van der Waals surface area contributed by atoms with E-state index in [4.69, 9.17) is 23.7 Å². The molecule has 7 atom stereocenters. The first kappa shape index (κ1) is 32.2. The summed E-state index contributed by atoms with van der Waals surface area (Å²) in [5.41, 5.74) is -0.949. The third kappa shape index (κ3) is 8.76. The van der Waals surface area contributed by atoms with E-state index in [1.54, 1.807) is 0 Å². The van der Waals surface area contributed by atoms with Crippen molar-refractivity contribution in [2.75, 3.05) is 37.5 Å². The Balaban J connectivity index is 2.47. The van der Waals surface area contributed by atoms with Crippen LogP contribution in [0.4, 0.5) is 0 Å². The van der Waals surface area contributed by atoms with Crippen molar-refractivity contribution in [1.82, 2.24) is 0 Å². The van der Waals surface area contributed by atoms with Crippen molar-refractivity contribution in [2.45, 2.75) is 122 Å². The second kappa shape index (κ2) is 17.6. The fourth-order valence-electron chi connectivity index (χ4n) is 5.44. The smallest absolute Gasteiger partial charge is 0.309 e. The van der Waals surface area contributed by atoms with Crippen LogP contribution in [0.2, 0.25) is 0 Å². The molecule has 6 unspecified atom stereocenters. The van der Waals surface area contributed by atoms with Gasteiger partial charge in [0, 0.05) is 30.9 Å². The summed E-state index contributed by atoms with van der Waals surface area (Å²) in [7, 11) is 0. The van der Waals surface area contributed by atoms with Gasteiger partial charge in [-0.1, -0.05) is 76.0 Å². The fraction of sp³-hybridized carbons (Fsp3) is 0.964. The number of alkyl halides is 1. The minimum absolute atomic E-state index is 0.263. The predicted molar refractivity (Wildman–Crippen MR) is 150 cm³/mol. The van der Waals surface area contributed by atoms with Crippen LogP contribution in [0.5, 0.6) is 0 Å². The summed E-state index contributed by atoms with van der Waals surface area (Å²) >= 11 is 2.37. The SMILES string of the molecule is CCCCOCC1OC2(C[C@H](CI)CC2C(=O)O)C(OCCCC)C(OCCCC)C1OCCCC. The first-order valence-corrected chi connectivity index (χ1v) is 15.9. The molecule has 0 amide bonds. The number of carboxylic acids is 1. The van der Waals surface area contributed by atoms with Crippen LogP contribution >= 0.6 is 22.6 Å². The van der Waals surface area contributed by atoms with Crippen molar-refractivity contribution in [2.24, 2.45) is 11.8 Å². The van der Waals surface area contributed by atoms with Crippen molar-refractivity contribution >= 4 is 28.6 Å². The quantitative estimate of drug-likeness (QED) is 0.106. The summed E-state index contributed by atoms with van der Waals surface area (Å²) in [6.45, 7) is 11.3. The zero-order chi connectivity index (χ0) is 26.4. The van der Waals surface area contributed by atoms with Crippen LogP contribution in [0.1, 0.15) is 91.9 Å². The molecule has 0 aromatic rings. The summed E-state index contributed by atoms with van der Waals surface area (Å²) in [6, 6.07) is 0. The van der Waals surface area contributed by atoms with Gasteiger partial charge in [0.05, 0.1) is 12.5 Å². The molecule has 1 N–H and O–H groups in total. The van der Waals surface area contributed by atoms with Gasteiger partial charge in [-0.05, 0) is 44.4 Å². The summed E-state index contributed by atoms with van der Waals surface area (Å²) in [6.07, 6.45) is 7.50. The number of aliphatic carboxylic acids is 1. The lowest BCUT2D eigenvalue weighted by atomic mass is 9.77. The average molecular weight is 627 g/mol. The Labute approximate surface area is 232 Å². The lowest BCUT2D eigenvalue weighted by Crippen LogP contribution is -2.69. The molecule has 7 nitrogen and oxygen atoms in total. The Bertz CT molecular complexity index is 606. The second-order valence-corrected chi connectivity index (χ2v) is 11.3.